The lowest BCUT2D eigenvalue weighted by atomic mass is 10.2. The molecule has 0 aliphatic carbocycles. The molecule has 86 valence electrons. The van der Waals surface area contributed by atoms with Crippen molar-refractivity contribution < 1.29 is 14.3 Å². The molecule has 0 atom stereocenters. The number of rotatable bonds is 5. The molecule has 0 fully saturated rings. The largest absolute Gasteiger partial charge is 0.497 e. The number of halogens is 1. The third-order valence-electron chi connectivity index (χ3n) is 1.87. The van der Waals surface area contributed by atoms with Crippen molar-refractivity contribution in [2.75, 3.05) is 13.0 Å². The second-order valence-corrected chi connectivity index (χ2v) is 3.36. The van der Waals surface area contributed by atoms with Gasteiger partial charge in [-0.15, -0.1) is 11.6 Å². The minimum atomic E-state index is -0.395. The molecule has 0 unspecified atom stereocenters. The van der Waals surface area contributed by atoms with E-state index in [0.29, 0.717) is 23.6 Å². The Labute approximate surface area is 99.6 Å². The molecule has 0 saturated carbocycles. The topological polar surface area (TPSA) is 35.5 Å². The number of alkyl halides is 1. The van der Waals surface area contributed by atoms with Crippen molar-refractivity contribution in [3.8, 4) is 5.75 Å². The van der Waals surface area contributed by atoms with Crippen LogP contribution in [0.2, 0.25) is 0 Å². The fraction of sp³-hybridized carbons (Fsp3) is 0.250. The zero-order valence-corrected chi connectivity index (χ0v) is 9.74. The van der Waals surface area contributed by atoms with Gasteiger partial charge in [-0.05, 0) is 36.8 Å². The normalized spacial score (nSPS) is 10.4. The van der Waals surface area contributed by atoms with E-state index < -0.39 is 5.97 Å². The Morgan fingerprint density at radius 2 is 2.06 bits per heavy atom. The lowest BCUT2D eigenvalue weighted by Gasteiger charge is -2.01. The van der Waals surface area contributed by atoms with E-state index in [1.54, 1.807) is 37.5 Å². The lowest BCUT2D eigenvalue weighted by molar-refractivity contribution is 0.0662. The molecule has 0 radical (unpaired) electrons. The third kappa shape index (κ3) is 3.95. The van der Waals surface area contributed by atoms with Crippen molar-refractivity contribution in [1.29, 1.82) is 0 Å². The molecule has 0 spiro atoms. The first-order valence-electron chi connectivity index (χ1n) is 4.84. The van der Waals surface area contributed by atoms with Gasteiger partial charge in [0.25, 0.3) is 0 Å². The summed E-state index contributed by atoms with van der Waals surface area (Å²) in [7, 11) is 1.57. The van der Waals surface area contributed by atoms with Crippen molar-refractivity contribution in [3.63, 3.8) is 0 Å². The molecule has 0 N–H and O–H groups in total. The van der Waals surface area contributed by atoms with Crippen LogP contribution in [0.25, 0.3) is 0 Å². The van der Waals surface area contributed by atoms with Crippen molar-refractivity contribution in [2.45, 2.75) is 6.42 Å². The second-order valence-electron chi connectivity index (χ2n) is 2.98. The van der Waals surface area contributed by atoms with Crippen molar-refractivity contribution >= 4 is 17.6 Å². The Bertz CT molecular complexity index is 357. The highest BCUT2D eigenvalue weighted by Crippen LogP contribution is 2.12. The summed E-state index contributed by atoms with van der Waals surface area (Å²) in [4.78, 5) is 11.5. The van der Waals surface area contributed by atoms with Crippen LogP contribution in [-0.4, -0.2) is 19.0 Å². The van der Waals surface area contributed by atoms with Gasteiger partial charge in [0.1, 0.15) is 5.75 Å². The minimum absolute atomic E-state index is 0.395. The van der Waals surface area contributed by atoms with Crippen LogP contribution in [-0.2, 0) is 4.74 Å². The molecule has 0 bridgehead atoms. The maximum Gasteiger partial charge on any atom is 0.342 e. The number of carbonyl (C=O) groups excluding carboxylic acids is 1. The van der Waals surface area contributed by atoms with Crippen LogP contribution in [0, 0.1) is 0 Å². The molecule has 4 heteroatoms. The summed E-state index contributed by atoms with van der Waals surface area (Å²) in [5, 5.41) is 0. The second kappa shape index (κ2) is 6.90. The molecular formula is C12H13ClO3. The first-order valence-corrected chi connectivity index (χ1v) is 5.37. The summed E-state index contributed by atoms with van der Waals surface area (Å²) >= 11 is 5.46. The Morgan fingerprint density at radius 1 is 1.38 bits per heavy atom. The van der Waals surface area contributed by atoms with E-state index in [2.05, 4.69) is 0 Å². The van der Waals surface area contributed by atoms with Gasteiger partial charge in [0.2, 0.25) is 0 Å². The fourth-order valence-electron chi connectivity index (χ4n) is 1.04. The van der Waals surface area contributed by atoms with Crippen molar-refractivity contribution in [2.24, 2.45) is 0 Å². The van der Waals surface area contributed by atoms with E-state index in [0.717, 1.165) is 0 Å². The summed E-state index contributed by atoms with van der Waals surface area (Å²) in [5.74, 6) is 0.819. The van der Waals surface area contributed by atoms with Crippen molar-refractivity contribution in [1.82, 2.24) is 0 Å². The summed E-state index contributed by atoms with van der Waals surface area (Å²) in [6, 6.07) is 6.71. The van der Waals surface area contributed by atoms with Gasteiger partial charge in [-0.25, -0.2) is 4.79 Å². The minimum Gasteiger partial charge on any atom is -0.497 e. The van der Waals surface area contributed by atoms with Gasteiger partial charge in [-0.3, -0.25) is 0 Å². The number of hydrogen-bond donors (Lipinski definition) is 0. The van der Waals surface area contributed by atoms with Crippen LogP contribution in [0.3, 0.4) is 0 Å². The van der Waals surface area contributed by atoms with Gasteiger partial charge in [0.05, 0.1) is 18.9 Å². The molecule has 1 rings (SSSR count). The summed E-state index contributed by atoms with van der Waals surface area (Å²) in [6.07, 6.45) is 3.74. The fourth-order valence-corrected chi connectivity index (χ4v) is 1.16. The number of hydrogen-bond acceptors (Lipinski definition) is 3. The quantitative estimate of drug-likeness (QED) is 0.451. The molecule has 0 amide bonds. The maximum absolute atomic E-state index is 11.5. The SMILES string of the molecule is COc1ccc(C(=O)O/C=C\CCCl)cc1. The highest BCUT2D eigenvalue weighted by molar-refractivity contribution is 6.17. The van der Waals surface area contributed by atoms with Crippen LogP contribution in [0.15, 0.2) is 36.6 Å². The van der Waals surface area contributed by atoms with Gasteiger partial charge in [-0.2, -0.15) is 0 Å². The third-order valence-corrected chi connectivity index (χ3v) is 2.09. The zero-order valence-electron chi connectivity index (χ0n) is 8.98. The van der Waals surface area contributed by atoms with Gasteiger partial charge in [-0.1, -0.05) is 0 Å². The molecule has 0 heterocycles. The summed E-state index contributed by atoms with van der Waals surface area (Å²) in [5.41, 5.74) is 0.483. The van der Waals surface area contributed by atoms with E-state index >= 15 is 0 Å². The Balaban J connectivity index is 2.52. The van der Waals surface area contributed by atoms with E-state index in [1.807, 2.05) is 0 Å². The van der Waals surface area contributed by atoms with Crippen LogP contribution in [0.5, 0.6) is 5.75 Å². The predicted molar refractivity (Wildman–Crippen MR) is 62.9 cm³/mol. The first-order chi connectivity index (χ1) is 7.77. The van der Waals surface area contributed by atoms with Gasteiger partial charge < -0.3 is 9.47 Å². The van der Waals surface area contributed by atoms with E-state index in [4.69, 9.17) is 21.1 Å². The average molecular weight is 241 g/mol. The molecule has 0 saturated heterocycles. The molecule has 0 aromatic heterocycles. The Morgan fingerprint density at radius 3 is 2.62 bits per heavy atom. The number of esters is 1. The van der Waals surface area contributed by atoms with Crippen LogP contribution >= 0.6 is 11.6 Å². The van der Waals surface area contributed by atoms with Crippen LogP contribution in [0.1, 0.15) is 16.8 Å². The number of carbonyl (C=O) groups is 1. The number of benzene rings is 1. The lowest BCUT2D eigenvalue weighted by Crippen LogP contribution is -2.00. The highest BCUT2D eigenvalue weighted by atomic mass is 35.5. The first kappa shape index (κ1) is 12.6. The molecule has 16 heavy (non-hydrogen) atoms. The predicted octanol–water partition coefficient (Wildman–Crippen LogP) is 2.99. The maximum atomic E-state index is 11.5. The van der Waals surface area contributed by atoms with E-state index in [-0.39, 0.29) is 0 Å². The standard InChI is InChI=1S/C12H13ClO3/c1-15-11-6-4-10(5-7-11)12(14)16-9-3-2-8-13/h3-7,9H,2,8H2,1H3/b9-3-. The van der Waals surface area contributed by atoms with Gasteiger partial charge in [0.15, 0.2) is 0 Å². The molecule has 3 nitrogen and oxygen atoms in total. The van der Waals surface area contributed by atoms with Gasteiger partial charge in [0, 0.05) is 5.88 Å². The van der Waals surface area contributed by atoms with Crippen LogP contribution in [0.4, 0.5) is 0 Å². The smallest absolute Gasteiger partial charge is 0.342 e. The Hall–Kier alpha value is -1.48. The Kier molecular flexibility index (Phi) is 5.43. The molecule has 1 aromatic rings. The van der Waals surface area contributed by atoms with E-state index in [1.165, 1.54) is 6.26 Å². The van der Waals surface area contributed by atoms with Gasteiger partial charge >= 0.3 is 5.97 Å². The summed E-state index contributed by atoms with van der Waals surface area (Å²) in [6.45, 7) is 0. The molecule has 0 aliphatic heterocycles. The summed E-state index contributed by atoms with van der Waals surface area (Å²) < 4.78 is 9.87. The number of methoxy groups -OCH3 is 1. The number of allylic oxidation sites excluding steroid dienone is 1. The molecule has 1 aromatic carbocycles. The van der Waals surface area contributed by atoms with E-state index in [9.17, 15) is 4.79 Å². The molecular weight excluding hydrogens is 228 g/mol. The number of ether oxygens (including phenoxy) is 2. The monoisotopic (exact) mass is 240 g/mol. The average Bonchev–Trinajstić information content (AvgIpc) is 2.34. The zero-order chi connectivity index (χ0) is 11.8. The molecule has 0 aliphatic rings. The van der Waals surface area contributed by atoms with Crippen molar-refractivity contribution in [3.05, 3.63) is 42.2 Å². The highest BCUT2D eigenvalue weighted by Gasteiger charge is 2.04. The van der Waals surface area contributed by atoms with Crippen LogP contribution < -0.4 is 4.74 Å².